The number of para-hydroxylation sites is 1. The predicted octanol–water partition coefficient (Wildman–Crippen LogP) is 4.60. The minimum Gasteiger partial charge on any atom is -0.507 e. The van der Waals surface area contributed by atoms with Gasteiger partial charge in [-0.3, -0.25) is 19.7 Å². The zero-order valence-corrected chi connectivity index (χ0v) is 16.8. The molecule has 1 aliphatic heterocycles. The van der Waals surface area contributed by atoms with Gasteiger partial charge in [-0.05, 0) is 12.5 Å². The standard InChI is InChI=1S/C23H24N2O5/c1-2-3-4-10-15-24-20(17-13-8-9-14-18(17)25(29)30)19(22(27)23(24)28)21(26)16-11-6-5-7-12-16/h5-9,11-14,20,26H,2-4,10,15H2,1H3/b21-19+/t20-/m0/s1. The zero-order valence-electron chi connectivity index (χ0n) is 16.8. The number of aliphatic hydroxyl groups is 1. The maximum atomic E-state index is 12.9. The van der Waals surface area contributed by atoms with Crippen LogP contribution in [0.25, 0.3) is 5.76 Å². The monoisotopic (exact) mass is 408 g/mol. The Bertz CT molecular complexity index is 984. The molecule has 1 aliphatic rings. The third-order valence-electron chi connectivity index (χ3n) is 5.27. The number of nitrogens with zero attached hydrogens (tertiary/aromatic N) is 2. The molecular weight excluding hydrogens is 384 g/mol. The average Bonchev–Trinajstić information content (AvgIpc) is 3.01. The highest BCUT2D eigenvalue weighted by atomic mass is 16.6. The summed E-state index contributed by atoms with van der Waals surface area (Å²) in [6.45, 7) is 2.35. The fourth-order valence-electron chi connectivity index (χ4n) is 3.78. The van der Waals surface area contributed by atoms with Crippen molar-refractivity contribution in [3.8, 4) is 0 Å². The highest BCUT2D eigenvalue weighted by Gasteiger charge is 2.47. The van der Waals surface area contributed by atoms with E-state index in [2.05, 4.69) is 6.92 Å². The number of likely N-dealkylation sites (tertiary alicyclic amines) is 1. The van der Waals surface area contributed by atoms with Gasteiger partial charge in [0.15, 0.2) is 0 Å². The summed E-state index contributed by atoms with van der Waals surface area (Å²) in [6.07, 6.45) is 3.55. The molecule has 0 unspecified atom stereocenters. The summed E-state index contributed by atoms with van der Waals surface area (Å²) < 4.78 is 0. The van der Waals surface area contributed by atoms with Crippen molar-refractivity contribution >= 4 is 23.1 Å². The minimum atomic E-state index is -1.01. The number of carbonyl (C=O) groups is 2. The van der Waals surface area contributed by atoms with E-state index in [1.165, 1.54) is 23.1 Å². The number of hydrogen-bond donors (Lipinski definition) is 1. The molecule has 1 heterocycles. The highest BCUT2D eigenvalue weighted by molar-refractivity contribution is 6.46. The van der Waals surface area contributed by atoms with Crippen molar-refractivity contribution in [2.24, 2.45) is 0 Å². The fraction of sp³-hybridized carbons (Fsp3) is 0.304. The third-order valence-corrected chi connectivity index (χ3v) is 5.27. The number of benzene rings is 2. The Morgan fingerprint density at radius 1 is 1.03 bits per heavy atom. The second kappa shape index (κ2) is 9.35. The lowest BCUT2D eigenvalue weighted by atomic mass is 9.94. The number of carbonyl (C=O) groups excluding carboxylic acids is 2. The van der Waals surface area contributed by atoms with Crippen molar-refractivity contribution in [2.45, 2.75) is 38.6 Å². The molecule has 0 radical (unpaired) electrons. The van der Waals surface area contributed by atoms with Gasteiger partial charge in [-0.1, -0.05) is 68.7 Å². The Kier molecular flexibility index (Phi) is 6.61. The number of rotatable bonds is 8. The lowest BCUT2D eigenvalue weighted by Crippen LogP contribution is -2.31. The van der Waals surface area contributed by atoms with Crippen molar-refractivity contribution < 1.29 is 19.6 Å². The Balaban J connectivity index is 2.14. The molecule has 1 N–H and O–H groups in total. The van der Waals surface area contributed by atoms with Crippen LogP contribution in [0.15, 0.2) is 60.2 Å². The Labute approximate surface area is 174 Å². The number of hydrogen-bond acceptors (Lipinski definition) is 5. The molecule has 1 amide bonds. The van der Waals surface area contributed by atoms with Crippen LogP contribution in [0.5, 0.6) is 0 Å². The van der Waals surface area contributed by atoms with Crippen molar-refractivity contribution in [2.75, 3.05) is 6.54 Å². The normalized spacial score (nSPS) is 18.0. The van der Waals surface area contributed by atoms with E-state index >= 15 is 0 Å². The SMILES string of the molecule is CCCCCCN1C(=O)C(=O)/C(=C(/O)c2ccccc2)[C@@H]1c1ccccc1[N+](=O)[O-]. The summed E-state index contributed by atoms with van der Waals surface area (Å²) in [6, 6.07) is 13.5. The van der Waals surface area contributed by atoms with Gasteiger partial charge >= 0.3 is 0 Å². The molecule has 2 aromatic carbocycles. The van der Waals surface area contributed by atoms with Gasteiger partial charge in [0.25, 0.3) is 17.4 Å². The summed E-state index contributed by atoms with van der Waals surface area (Å²) in [4.78, 5) is 38.2. The van der Waals surface area contributed by atoms with Gasteiger partial charge in [-0.2, -0.15) is 0 Å². The molecular formula is C23H24N2O5. The van der Waals surface area contributed by atoms with E-state index in [9.17, 15) is 24.8 Å². The molecule has 0 bridgehead atoms. The number of nitro benzene ring substituents is 1. The van der Waals surface area contributed by atoms with E-state index < -0.39 is 22.7 Å². The molecule has 156 valence electrons. The largest absolute Gasteiger partial charge is 0.507 e. The van der Waals surface area contributed by atoms with Crippen molar-refractivity contribution in [1.82, 2.24) is 4.90 Å². The summed E-state index contributed by atoms with van der Waals surface area (Å²) in [5.74, 6) is -1.89. The van der Waals surface area contributed by atoms with Gasteiger partial charge in [-0.25, -0.2) is 0 Å². The maximum absolute atomic E-state index is 12.9. The van der Waals surface area contributed by atoms with E-state index in [-0.39, 0.29) is 29.1 Å². The number of aliphatic hydroxyl groups excluding tert-OH is 1. The quantitative estimate of drug-likeness (QED) is 0.172. The number of Topliss-reactive ketones (excluding diaryl/α,β-unsaturated/α-hetero) is 1. The van der Waals surface area contributed by atoms with Crippen LogP contribution in [-0.2, 0) is 9.59 Å². The first-order valence-electron chi connectivity index (χ1n) is 10.0. The molecule has 7 heteroatoms. The van der Waals surface area contributed by atoms with Crippen LogP contribution < -0.4 is 0 Å². The molecule has 1 atom stereocenters. The number of ketones is 1. The number of unbranched alkanes of at least 4 members (excludes halogenated alkanes) is 3. The molecule has 0 aromatic heterocycles. The summed E-state index contributed by atoms with van der Waals surface area (Å²) in [5, 5.41) is 22.5. The van der Waals surface area contributed by atoms with Crippen LogP contribution in [0.2, 0.25) is 0 Å². The van der Waals surface area contributed by atoms with Crippen LogP contribution in [0.4, 0.5) is 5.69 Å². The zero-order chi connectivity index (χ0) is 21.7. The van der Waals surface area contributed by atoms with Crippen molar-refractivity contribution in [1.29, 1.82) is 0 Å². The molecule has 3 rings (SSSR count). The first-order chi connectivity index (χ1) is 14.5. The van der Waals surface area contributed by atoms with Crippen LogP contribution in [-0.4, -0.2) is 33.2 Å². The van der Waals surface area contributed by atoms with E-state index in [4.69, 9.17) is 0 Å². The third kappa shape index (κ3) is 4.10. The van der Waals surface area contributed by atoms with E-state index in [0.717, 1.165) is 19.3 Å². The molecule has 1 saturated heterocycles. The second-order valence-corrected chi connectivity index (χ2v) is 7.24. The Morgan fingerprint density at radius 3 is 2.37 bits per heavy atom. The Morgan fingerprint density at radius 2 is 1.70 bits per heavy atom. The van der Waals surface area contributed by atoms with Gasteiger partial charge in [0.1, 0.15) is 5.76 Å². The minimum absolute atomic E-state index is 0.115. The van der Waals surface area contributed by atoms with Crippen molar-refractivity contribution in [3.05, 3.63) is 81.4 Å². The van der Waals surface area contributed by atoms with Gasteiger partial charge in [0.2, 0.25) is 0 Å². The molecule has 1 fully saturated rings. The first kappa shape index (κ1) is 21.2. The summed E-state index contributed by atoms with van der Waals surface area (Å²) >= 11 is 0. The highest BCUT2D eigenvalue weighted by Crippen LogP contribution is 2.42. The van der Waals surface area contributed by atoms with Crippen LogP contribution in [0.1, 0.15) is 49.8 Å². The fourth-order valence-corrected chi connectivity index (χ4v) is 3.78. The second-order valence-electron chi connectivity index (χ2n) is 7.24. The molecule has 0 spiro atoms. The Hall–Kier alpha value is -3.48. The summed E-state index contributed by atoms with van der Waals surface area (Å²) in [5.41, 5.74) is 0.289. The molecule has 0 saturated carbocycles. The molecule has 7 nitrogen and oxygen atoms in total. The number of nitro groups is 1. The van der Waals surface area contributed by atoms with E-state index in [1.54, 1.807) is 36.4 Å². The summed E-state index contributed by atoms with van der Waals surface area (Å²) in [7, 11) is 0. The van der Waals surface area contributed by atoms with Crippen molar-refractivity contribution in [3.63, 3.8) is 0 Å². The lowest BCUT2D eigenvalue weighted by Gasteiger charge is -2.25. The number of amides is 1. The van der Waals surface area contributed by atoms with Crippen LogP contribution in [0, 0.1) is 10.1 Å². The smallest absolute Gasteiger partial charge is 0.295 e. The van der Waals surface area contributed by atoms with E-state index in [1.807, 2.05) is 0 Å². The maximum Gasteiger partial charge on any atom is 0.295 e. The van der Waals surface area contributed by atoms with Crippen LogP contribution >= 0.6 is 0 Å². The molecule has 30 heavy (non-hydrogen) atoms. The van der Waals surface area contributed by atoms with Crippen LogP contribution in [0.3, 0.4) is 0 Å². The topological polar surface area (TPSA) is 101 Å². The van der Waals surface area contributed by atoms with E-state index in [0.29, 0.717) is 12.0 Å². The van der Waals surface area contributed by atoms with Gasteiger partial charge in [0.05, 0.1) is 22.1 Å². The van der Waals surface area contributed by atoms with Gasteiger partial charge in [0, 0.05) is 18.2 Å². The van der Waals surface area contributed by atoms with Gasteiger partial charge in [-0.15, -0.1) is 0 Å². The molecule has 0 aliphatic carbocycles. The average molecular weight is 408 g/mol. The lowest BCUT2D eigenvalue weighted by molar-refractivity contribution is -0.385. The predicted molar refractivity (Wildman–Crippen MR) is 113 cm³/mol. The van der Waals surface area contributed by atoms with Gasteiger partial charge < -0.3 is 10.0 Å². The first-order valence-corrected chi connectivity index (χ1v) is 10.0. The molecule has 2 aromatic rings.